The van der Waals surface area contributed by atoms with Crippen molar-refractivity contribution in [1.29, 1.82) is 0 Å². The molecule has 1 saturated carbocycles. The first-order valence-electron chi connectivity index (χ1n) is 8.83. The van der Waals surface area contributed by atoms with Crippen molar-refractivity contribution in [3.63, 3.8) is 0 Å². The van der Waals surface area contributed by atoms with Crippen molar-refractivity contribution in [2.45, 2.75) is 51.6 Å². The highest BCUT2D eigenvalue weighted by Crippen LogP contribution is 2.20. The molecule has 1 amide bonds. The van der Waals surface area contributed by atoms with E-state index in [1.807, 2.05) is 0 Å². The van der Waals surface area contributed by atoms with E-state index in [1.54, 1.807) is 25.1 Å². The fourth-order valence-corrected chi connectivity index (χ4v) is 3.55. The van der Waals surface area contributed by atoms with Crippen molar-refractivity contribution in [2.75, 3.05) is 24.1 Å². The van der Waals surface area contributed by atoms with E-state index in [9.17, 15) is 13.2 Å². The van der Waals surface area contributed by atoms with Gasteiger partial charge >= 0.3 is 0 Å². The largest absolute Gasteiger partial charge is 0.378 e. The number of amides is 1. The second-order valence-electron chi connectivity index (χ2n) is 6.64. The maximum absolute atomic E-state index is 12.2. The molecule has 2 rings (SSSR count). The first-order chi connectivity index (χ1) is 11.8. The molecular formula is C18H28N2O4S. The van der Waals surface area contributed by atoms with Gasteiger partial charge in [0, 0.05) is 18.7 Å². The summed E-state index contributed by atoms with van der Waals surface area (Å²) in [4.78, 5) is 12.2. The summed E-state index contributed by atoms with van der Waals surface area (Å²) in [6.45, 7) is 2.98. The normalized spacial score (nSPS) is 15.8. The number of carbonyl (C=O) groups is 1. The van der Waals surface area contributed by atoms with E-state index in [1.165, 1.54) is 19.3 Å². The summed E-state index contributed by atoms with van der Waals surface area (Å²) in [5, 5.41) is 2.85. The van der Waals surface area contributed by atoms with Gasteiger partial charge in [-0.25, -0.2) is 8.42 Å². The van der Waals surface area contributed by atoms with Gasteiger partial charge in [0.25, 0.3) is 5.91 Å². The molecule has 1 aliphatic carbocycles. The fourth-order valence-electron chi connectivity index (χ4n) is 2.93. The zero-order valence-electron chi connectivity index (χ0n) is 15.0. The van der Waals surface area contributed by atoms with Gasteiger partial charge in [-0.15, -0.1) is 0 Å². The molecular weight excluding hydrogens is 340 g/mol. The Balaban J connectivity index is 1.77. The van der Waals surface area contributed by atoms with Crippen LogP contribution in [0, 0.1) is 6.92 Å². The number of sulfonamides is 1. The minimum absolute atomic E-state index is 0.214. The van der Waals surface area contributed by atoms with Gasteiger partial charge in [0.2, 0.25) is 10.0 Å². The van der Waals surface area contributed by atoms with Gasteiger partial charge in [-0.2, -0.15) is 0 Å². The maximum Gasteiger partial charge on any atom is 0.251 e. The molecule has 0 heterocycles. The topological polar surface area (TPSA) is 84.5 Å². The van der Waals surface area contributed by atoms with E-state index in [0.29, 0.717) is 30.5 Å². The zero-order chi connectivity index (χ0) is 18.3. The summed E-state index contributed by atoms with van der Waals surface area (Å²) in [5.74, 6) is -0.214. The van der Waals surface area contributed by atoms with E-state index in [0.717, 1.165) is 31.1 Å². The van der Waals surface area contributed by atoms with Crippen LogP contribution in [0.3, 0.4) is 0 Å². The molecule has 1 aromatic rings. The number of hydrogen-bond donors (Lipinski definition) is 2. The van der Waals surface area contributed by atoms with Gasteiger partial charge in [0.05, 0.1) is 18.0 Å². The van der Waals surface area contributed by atoms with Crippen molar-refractivity contribution in [1.82, 2.24) is 5.32 Å². The Hall–Kier alpha value is -1.60. The molecule has 0 bridgehead atoms. The Morgan fingerprint density at radius 2 is 1.96 bits per heavy atom. The second-order valence-corrected chi connectivity index (χ2v) is 8.39. The average molecular weight is 368 g/mol. The average Bonchev–Trinajstić information content (AvgIpc) is 2.56. The molecule has 1 fully saturated rings. The predicted molar refractivity (Wildman–Crippen MR) is 99.4 cm³/mol. The molecule has 2 N–H and O–H groups in total. The molecule has 0 aromatic heterocycles. The molecule has 25 heavy (non-hydrogen) atoms. The summed E-state index contributed by atoms with van der Waals surface area (Å²) in [6, 6.07) is 4.98. The van der Waals surface area contributed by atoms with E-state index < -0.39 is 10.0 Å². The van der Waals surface area contributed by atoms with E-state index in [-0.39, 0.29) is 5.91 Å². The quantitative estimate of drug-likeness (QED) is 0.691. The van der Waals surface area contributed by atoms with Crippen LogP contribution in [0.1, 0.15) is 54.4 Å². The third-order valence-electron chi connectivity index (χ3n) is 4.31. The van der Waals surface area contributed by atoms with Crippen LogP contribution in [0.15, 0.2) is 18.2 Å². The fraction of sp³-hybridized carbons (Fsp3) is 0.611. The molecule has 1 aromatic carbocycles. The molecule has 7 heteroatoms. The van der Waals surface area contributed by atoms with Crippen LogP contribution < -0.4 is 10.0 Å². The van der Waals surface area contributed by atoms with Crippen molar-refractivity contribution >= 4 is 21.6 Å². The lowest BCUT2D eigenvalue weighted by atomic mass is 9.98. The number of carbonyl (C=O) groups excluding carboxylic acids is 1. The zero-order valence-corrected chi connectivity index (χ0v) is 15.8. The highest BCUT2D eigenvalue weighted by Gasteiger charge is 2.13. The Labute approximate surface area is 150 Å². The van der Waals surface area contributed by atoms with Crippen LogP contribution in [0.4, 0.5) is 5.69 Å². The summed E-state index contributed by atoms with van der Waals surface area (Å²) < 4.78 is 31.0. The lowest BCUT2D eigenvalue weighted by molar-refractivity contribution is 0.0273. The molecule has 140 valence electrons. The number of hydrogen-bond acceptors (Lipinski definition) is 4. The molecule has 1 aliphatic rings. The number of benzene rings is 1. The van der Waals surface area contributed by atoms with Crippen LogP contribution >= 0.6 is 0 Å². The minimum Gasteiger partial charge on any atom is -0.378 e. The number of nitrogens with one attached hydrogen (secondary N) is 2. The third-order valence-corrected chi connectivity index (χ3v) is 4.90. The molecule has 6 nitrogen and oxygen atoms in total. The number of aryl methyl sites for hydroxylation is 1. The molecule has 0 spiro atoms. The van der Waals surface area contributed by atoms with Gasteiger partial charge in [0.1, 0.15) is 0 Å². The molecule has 0 atom stereocenters. The first kappa shape index (κ1) is 19.7. The number of rotatable bonds is 8. The summed E-state index contributed by atoms with van der Waals surface area (Å²) >= 11 is 0. The van der Waals surface area contributed by atoms with E-state index in [4.69, 9.17) is 4.74 Å². The Morgan fingerprint density at radius 3 is 2.64 bits per heavy atom. The minimum atomic E-state index is -3.38. The van der Waals surface area contributed by atoms with Crippen LogP contribution in [-0.2, 0) is 14.8 Å². The second kappa shape index (κ2) is 9.20. The SMILES string of the molecule is Cc1ccc(C(=O)NCCCOC2CCCCC2)cc1NS(C)(=O)=O. The molecule has 0 radical (unpaired) electrons. The van der Waals surface area contributed by atoms with Crippen molar-refractivity contribution < 1.29 is 17.9 Å². The summed E-state index contributed by atoms with van der Waals surface area (Å²) in [6.07, 6.45) is 8.33. The van der Waals surface area contributed by atoms with Crippen LogP contribution in [-0.4, -0.2) is 39.8 Å². The van der Waals surface area contributed by atoms with Gasteiger partial charge < -0.3 is 10.1 Å². The van der Waals surface area contributed by atoms with Crippen LogP contribution in [0.2, 0.25) is 0 Å². The molecule has 0 saturated heterocycles. The lowest BCUT2D eigenvalue weighted by Gasteiger charge is -2.21. The summed E-state index contributed by atoms with van der Waals surface area (Å²) in [5.41, 5.74) is 1.63. The monoisotopic (exact) mass is 368 g/mol. The predicted octanol–water partition coefficient (Wildman–Crippen LogP) is 2.84. The first-order valence-corrected chi connectivity index (χ1v) is 10.7. The standard InChI is InChI=1S/C18H28N2O4S/c1-14-9-10-15(13-17(14)20-25(2,22)23)18(21)19-11-6-12-24-16-7-4-3-5-8-16/h9-10,13,16,20H,3-8,11-12H2,1-2H3,(H,19,21). The van der Waals surface area contributed by atoms with Crippen LogP contribution in [0.5, 0.6) is 0 Å². The van der Waals surface area contributed by atoms with Gasteiger partial charge in [-0.3, -0.25) is 9.52 Å². The van der Waals surface area contributed by atoms with E-state index >= 15 is 0 Å². The van der Waals surface area contributed by atoms with Crippen molar-refractivity contribution in [3.05, 3.63) is 29.3 Å². The molecule has 0 unspecified atom stereocenters. The smallest absolute Gasteiger partial charge is 0.251 e. The Bertz CT molecular complexity index is 682. The van der Waals surface area contributed by atoms with Crippen LogP contribution in [0.25, 0.3) is 0 Å². The number of anilines is 1. The van der Waals surface area contributed by atoms with Crippen molar-refractivity contribution in [2.24, 2.45) is 0 Å². The highest BCUT2D eigenvalue weighted by atomic mass is 32.2. The van der Waals surface area contributed by atoms with Gasteiger partial charge in [0.15, 0.2) is 0 Å². The van der Waals surface area contributed by atoms with Gasteiger partial charge in [-0.05, 0) is 43.9 Å². The van der Waals surface area contributed by atoms with E-state index in [2.05, 4.69) is 10.0 Å². The maximum atomic E-state index is 12.2. The molecule has 0 aliphatic heterocycles. The number of ether oxygens (including phenoxy) is 1. The lowest BCUT2D eigenvalue weighted by Crippen LogP contribution is -2.26. The summed E-state index contributed by atoms with van der Waals surface area (Å²) in [7, 11) is -3.38. The highest BCUT2D eigenvalue weighted by molar-refractivity contribution is 7.92. The van der Waals surface area contributed by atoms with Gasteiger partial charge in [-0.1, -0.05) is 25.3 Å². The Morgan fingerprint density at radius 1 is 1.24 bits per heavy atom. The third kappa shape index (κ3) is 7.04. The van der Waals surface area contributed by atoms with Crippen molar-refractivity contribution in [3.8, 4) is 0 Å². The Kier molecular flexibility index (Phi) is 7.25.